The molecule has 0 aromatic carbocycles. The first-order valence-corrected chi connectivity index (χ1v) is 7.13. The standard InChI is InChI=1S/C13H19NO3S/c1-10-7-14(8-11(9-15)17-10)13(16)5-4-12-3-2-6-18-12/h2-3,6,10-11,15H,4-5,7-9H2,1H3. The van der Waals surface area contributed by atoms with Crippen LogP contribution in [-0.2, 0) is 16.0 Å². The van der Waals surface area contributed by atoms with Crippen molar-refractivity contribution in [3.63, 3.8) is 0 Å². The Labute approximate surface area is 111 Å². The maximum absolute atomic E-state index is 12.1. The molecule has 0 aliphatic carbocycles. The van der Waals surface area contributed by atoms with Crippen molar-refractivity contribution in [2.24, 2.45) is 0 Å². The fourth-order valence-electron chi connectivity index (χ4n) is 2.19. The Bertz CT molecular complexity index is 380. The molecule has 1 aliphatic heterocycles. The summed E-state index contributed by atoms with van der Waals surface area (Å²) in [7, 11) is 0. The van der Waals surface area contributed by atoms with Crippen molar-refractivity contribution in [3.8, 4) is 0 Å². The summed E-state index contributed by atoms with van der Waals surface area (Å²) in [6.45, 7) is 3.03. The van der Waals surface area contributed by atoms with Crippen molar-refractivity contribution in [1.29, 1.82) is 0 Å². The van der Waals surface area contributed by atoms with Crippen LogP contribution in [0.4, 0.5) is 0 Å². The van der Waals surface area contributed by atoms with Gasteiger partial charge in [-0.1, -0.05) is 6.07 Å². The molecule has 1 aromatic rings. The van der Waals surface area contributed by atoms with Crippen molar-refractivity contribution >= 4 is 17.2 Å². The van der Waals surface area contributed by atoms with Crippen LogP contribution in [0.1, 0.15) is 18.2 Å². The second-order valence-electron chi connectivity index (χ2n) is 4.63. The number of aliphatic hydroxyl groups is 1. The summed E-state index contributed by atoms with van der Waals surface area (Å²) in [6, 6.07) is 4.06. The largest absolute Gasteiger partial charge is 0.394 e. The van der Waals surface area contributed by atoms with Crippen molar-refractivity contribution in [2.75, 3.05) is 19.7 Å². The molecule has 0 radical (unpaired) electrons. The van der Waals surface area contributed by atoms with Crippen LogP contribution in [0.2, 0.25) is 0 Å². The molecule has 1 amide bonds. The Morgan fingerprint density at radius 3 is 3.11 bits per heavy atom. The van der Waals surface area contributed by atoms with Crippen molar-refractivity contribution in [3.05, 3.63) is 22.4 Å². The quantitative estimate of drug-likeness (QED) is 0.896. The van der Waals surface area contributed by atoms with Gasteiger partial charge in [0.15, 0.2) is 0 Å². The molecule has 1 N–H and O–H groups in total. The molecule has 2 unspecified atom stereocenters. The van der Waals surface area contributed by atoms with Crippen molar-refractivity contribution in [2.45, 2.75) is 32.0 Å². The second kappa shape index (κ2) is 6.31. The first-order chi connectivity index (χ1) is 8.69. The zero-order chi connectivity index (χ0) is 13.0. The number of hydrogen-bond donors (Lipinski definition) is 1. The van der Waals surface area contributed by atoms with Crippen LogP contribution >= 0.6 is 11.3 Å². The minimum atomic E-state index is -0.237. The summed E-state index contributed by atoms with van der Waals surface area (Å²) in [5.41, 5.74) is 0. The Kier molecular flexibility index (Phi) is 4.74. The molecule has 0 spiro atoms. The van der Waals surface area contributed by atoms with Gasteiger partial charge in [0.1, 0.15) is 0 Å². The average molecular weight is 269 g/mol. The normalized spacial score (nSPS) is 24.2. The third-order valence-electron chi connectivity index (χ3n) is 3.05. The predicted octanol–water partition coefficient (Wildman–Crippen LogP) is 1.29. The molecule has 2 atom stereocenters. The Morgan fingerprint density at radius 2 is 2.44 bits per heavy atom. The molecule has 1 aliphatic rings. The van der Waals surface area contributed by atoms with E-state index >= 15 is 0 Å². The van der Waals surface area contributed by atoms with E-state index in [9.17, 15) is 4.79 Å². The van der Waals surface area contributed by atoms with Crippen LogP contribution in [0, 0.1) is 0 Å². The molecule has 0 bridgehead atoms. The van der Waals surface area contributed by atoms with E-state index < -0.39 is 0 Å². The Balaban J connectivity index is 1.84. The summed E-state index contributed by atoms with van der Waals surface area (Å²) < 4.78 is 5.52. The third kappa shape index (κ3) is 3.54. The van der Waals surface area contributed by atoms with Gasteiger partial charge in [-0.3, -0.25) is 4.79 Å². The van der Waals surface area contributed by atoms with Gasteiger partial charge < -0.3 is 14.7 Å². The Hall–Kier alpha value is -0.910. The predicted molar refractivity (Wildman–Crippen MR) is 70.6 cm³/mol. The van der Waals surface area contributed by atoms with E-state index in [0.29, 0.717) is 19.5 Å². The molecule has 18 heavy (non-hydrogen) atoms. The van der Waals surface area contributed by atoms with Crippen LogP contribution in [0.25, 0.3) is 0 Å². The fourth-order valence-corrected chi connectivity index (χ4v) is 2.90. The number of amides is 1. The smallest absolute Gasteiger partial charge is 0.223 e. The summed E-state index contributed by atoms with van der Waals surface area (Å²) in [4.78, 5) is 15.1. The second-order valence-corrected chi connectivity index (χ2v) is 5.66. The van der Waals surface area contributed by atoms with Gasteiger partial charge >= 0.3 is 0 Å². The summed E-state index contributed by atoms with van der Waals surface area (Å²) in [6.07, 6.45) is 1.10. The third-order valence-corrected chi connectivity index (χ3v) is 3.98. The van der Waals surface area contributed by atoms with Crippen LogP contribution in [0.5, 0.6) is 0 Å². The van der Waals surface area contributed by atoms with Gasteiger partial charge in [-0.2, -0.15) is 0 Å². The van der Waals surface area contributed by atoms with Gasteiger partial charge in [-0.15, -0.1) is 11.3 Å². The van der Waals surface area contributed by atoms with Gasteiger partial charge in [0.2, 0.25) is 5.91 Å². The zero-order valence-electron chi connectivity index (χ0n) is 10.5. The number of nitrogens with zero attached hydrogens (tertiary/aromatic N) is 1. The average Bonchev–Trinajstić information content (AvgIpc) is 2.88. The molecular weight excluding hydrogens is 250 g/mol. The maximum Gasteiger partial charge on any atom is 0.223 e. The SMILES string of the molecule is CC1CN(C(=O)CCc2cccs2)CC(CO)O1. The van der Waals surface area contributed by atoms with E-state index in [1.807, 2.05) is 23.3 Å². The fraction of sp³-hybridized carbons (Fsp3) is 0.615. The van der Waals surface area contributed by atoms with Gasteiger partial charge in [-0.05, 0) is 24.8 Å². The number of aliphatic hydroxyl groups excluding tert-OH is 1. The Morgan fingerprint density at radius 1 is 1.61 bits per heavy atom. The summed E-state index contributed by atoms with van der Waals surface area (Å²) in [5.74, 6) is 0.150. The molecule has 100 valence electrons. The van der Waals surface area contributed by atoms with Crippen molar-refractivity contribution < 1.29 is 14.6 Å². The minimum Gasteiger partial charge on any atom is -0.394 e. The highest BCUT2D eigenvalue weighted by molar-refractivity contribution is 7.09. The lowest BCUT2D eigenvalue weighted by molar-refractivity contribution is -0.147. The molecule has 1 fully saturated rings. The van der Waals surface area contributed by atoms with E-state index in [2.05, 4.69) is 6.07 Å². The highest BCUT2D eigenvalue weighted by Gasteiger charge is 2.27. The molecular formula is C13H19NO3S. The number of hydrogen-bond acceptors (Lipinski definition) is 4. The van der Waals surface area contributed by atoms with Crippen LogP contribution in [0.15, 0.2) is 17.5 Å². The van der Waals surface area contributed by atoms with E-state index in [-0.39, 0.29) is 24.7 Å². The van der Waals surface area contributed by atoms with E-state index in [4.69, 9.17) is 9.84 Å². The lowest BCUT2D eigenvalue weighted by Gasteiger charge is -2.36. The minimum absolute atomic E-state index is 0.00147. The van der Waals surface area contributed by atoms with Gasteiger partial charge in [-0.25, -0.2) is 0 Å². The number of ether oxygens (including phenoxy) is 1. The molecule has 5 heteroatoms. The topological polar surface area (TPSA) is 49.8 Å². The van der Waals surface area contributed by atoms with E-state index in [1.54, 1.807) is 11.3 Å². The van der Waals surface area contributed by atoms with Crippen LogP contribution < -0.4 is 0 Å². The van der Waals surface area contributed by atoms with Crippen LogP contribution in [0.3, 0.4) is 0 Å². The van der Waals surface area contributed by atoms with Gasteiger partial charge in [0, 0.05) is 24.4 Å². The highest BCUT2D eigenvalue weighted by Crippen LogP contribution is 2.15. The van der Waals surface area contributed by atoms with Crippen molar-refractivity contribution in [1.82, 2.24) is 4.90 Å². The zero-order valence-corrected chi connectivity index (χ0v) is 11.4. The lowest BCUT2D eigenvalue weighted by atomic mass is 10.2. The molecule has 0 saturated carbocycles. The van der Waals surface area contributed by atoms with E-state index in [1.165, 1.54) is 4.88 Å². The van der Waals surface area contributed by atoms with Gasteiger partial charge in [0.05, 0.1) is 18.8 Å². The highest BCUT2D eigenvalue weighted by atomic mass is 32.1. The first kappa shape index (κ1) is 13.5. The molecule has 1 aromatic heterocycles. The molecule has 4 nitrogen and oxygen atoms in total. The molecule has 2 heterocycles. The van der Waals surface area contributed by atoms with E-state index in [0.717, 1.165) is 6.42 Å². The maximum atomic E-state index is 12.1. The number of carbonyl (C=O) groups is 1. The molecule has 1 saturated heterocycles. The number of rotatable bonds is 4. The summed E-state index contributed by atoms with van der Waals surface area (Å²) >= 11 is 1.68. The number of morpholine rings is 1. The lowest BCUT2D eigenvalue weighted by Crippen LogP contribution is -2.50. The number of aryl methyl sites for hydroxylation is 1. The summed E-state index contributed by atoms with van der Waals surface area (Å²) in [5, 5.41) is 11.2. The molecule has 2 rings (SSSR count). The number of thiophene rings is 1. The monoisotopic (exact) mass is 269 g/mol. The van der Waals surface area contributed by atoms with Crippen LogP contribution in [-0.4, -0.2) is 47.8 Å². The first-order valence-electron chi connectivity index (χ1n) is 6.25. The van der Waals surface area contributed by atoms with Gasteiger partial charge in [0.25, 0.3) is 0 Å². The number of carbonyl (C=O) groups excluding carboxylic acids is 1.